The topological polar surface area (TPSA) is 9.23 Å². The Kier molecular flexibility index (Phi) is 7.99. The van der Waals surface area contributed by atoms with E-state index in [1.807, 2.05) is 0 Å². The molecule has 4 rings (SSSR count). The van der Waals surface area contributed by atoms with Crippen molar-refractivity contribution in [1.29, 1.82) is 0 Å². The monoisotopic (exact) mass is 479 g/mol. The zero-order valence-corrected chi connectivity index (χ0v) is 22.6. The van der Waals surface area contributed by atoms with E-state index in [2.05, 4.69) is 142 Å². The first-order valence-electron chi connectivity index (χ1n) is 12.2. The van der Waals surface area contributed by atoms with Crippen LogP contribution in [0.2, 0.25) is 11.1 Å². The van der Waals surface area contributed by atoms with Crippen LogP contribution in [0.3, 0.4) is 0 Å². The molecule has 173 valence electrons. The SMILES string of the molecule is CC(C)(C)[Si](OCCC[Si](c1ccccc1)c1ccccc1)(c1ccccc1)c1ccccc1. The summed E-state index contributed by atoms with van der Waals surface area (Å²) in [6, 6.07) is 45.1. The van der Waals surface area contributed by atoms with Crippen LogP contribution in [0.25, 0.3) is 0 Å². The van der Waals surface area contributed by atoms with Crippen molar-refractivity contribution in [3.05, 3.63) is 121 Å². The van der Waals surface area contributed by atoms with Crippen molar-refractivity contribution in [2.24, 2.45) is 0 Å². The van der Waals surface area contributed by atoms with Gasteiger partial charge in [-0.3, -0.25) is 0 Å². The second kappa shape index (κ2) is 11.1. The molecule has 0 saturated heterocycles. The molecular weight excluding hydrogens is 445 g/mol. The first kappa shape index (κ1) is 24.4. The Balaban J connectivity index is 1.60. The highest BCUT2D eigenvalue weighted by molar-refractivity contribution is 6.99. The third-order valence-corrected chi connectivity index (χ3v) is 14.5. The summed E-state index contributed by atoms with van der Waals surface area (Å²) < 4.78 is 7.14. The molecule has 0 aliphatic rings. The normalized spacial score (nSPS) is 12.1. The molecule has 4 aromatic carbocycles. The maximum absolute atomic E-state index is 7.14. The second-order valence-corrected chi connectivity index (χ2v) is 16.7. The van der Waals surface area contributed by atoms with Gasteiger partial charge in [0, 0.05) is 6.61 Å². The highest BCUT2D eigenvalue weighted by Crippen LogP contribution is 2.36. The summed E-state index contributed by atoms with van der Waals surface area (Å²) in [6.07, 6.45) is 1.06. The average molecular weight is 480 g/mol. The molecule has 4 aromatic rings. The molecule has 1 nitrogen and oxygen atoms in total. The van der Waals surface area contributed by atoms with E-state index in [0.717, 1.165) is 19.1 Å². The van der Waals surface area contributed by atoms with E-state index in [-0.39, 0.29) is 5.04 Å². The summed E-state index contributed by atoms with van der Waals surface area (Å²) in [6.45, 7) is 7.83. The van der Waals surface area contributed by atoms with Crippen molar-refractivity contribution >= 4 is 37.9 Å². The minimum atomic E-state index is -2.47. The van der Waals surface area contributed by atoms with Crippen LogP contribution in [0.4, 0.5) is 0 Å². The van der Waals surface area contributed by atoms with Crippen LogP contribution in [0.5, 0.6) is 0 Å². The van der Waals surface area contributed by atoms with Gasteiger partial charge >= 0.3 is 0 Å². The molecule has 0 aromatic heterocycles. The molecule has 0 amide bonds. The Morgan fingerprint density at radius 1 is 0.588 bits per heavy atom. The van der Waals surface area contributed by atoms with Crippen LogP contribution < -0.4 is 20.7 Å². The lowest BCUT2D eigenvalue weighted by atomic mass is 10.2. The van der Waals surface area contributed by atoms with Crippen LogP contribution in [0, 0.1) is 0 Å². The maximum Gasteiger partial charge on any atom is 0.261 e. The van der Waals surface area contributed by atoms with E-state index in [9.17, 15) is 0 Å². The highest BCUT2D eigenvalue weighted by atomic mass is 28.4. The van der Waals surface area contributed by atoms with Crippen molar-refractivity contribution < 1.29 is 4.43 Å². The zero-order chi connectivity index (χ0) is 23.9. The predicted octanol–water partition coefficient (Wildman–Crippen LogP) is 5.26. The fraction of sp³-hybridized carbons (Fsp3) is 0.226. The quantitative estimate of drug-likeness (QED) is 0.235. The van der Waals surface area contributed by atoms with Gasteiger partial charge in [0.2, 0.25) is 0 Å². The van der Waals surface area contributed by atoms with Gasteiger partial charge in [0.25, 0.3) is 8.32 Å². The Bertz CT molecular complexity index is 1040. The number of rotatable bonds is 9. The van der Waals surface area contributed by atoms with Crippen LogP contribution >= 0.6 is 0 Å². The van der Waals surface area contributed by atoms with Gasteiger partial charge in [-0.05, 0) is 27.9 Å². The molecule has 0 fully saturated rings. The van der Waals surface area contributed by atoms with Gasteiger partial charge < -0.3 is 4.43 Å². The van der Waals surface area contributed by atoms with E-state index in [1.54, 1.807) is 0 Å². The third-order valence-electron chi connectivity index (χ3n) is 6.55. The summed E-state index contributed by atoms with van der Waals surface area (Å²) in [4.78, 5) is 0. The molecule has 0 unspecified atom stereocenters. The van der Waals surface area contributed by atoms with Gasteiger partial charge in [-0.15, -0.1) is 0 Å². The van der Waals surface area contributed by atoms with E-state index in [0.29, 0.717) is 0 Å². The minimum Gasteiger partial charge on any atom is -0.407 e. The van der Waals surface area contributed by atoms with E-state index in [1.165, 1.54) is 20.7 Å². The molecule has 0 heterocycles. The second-order valence-electron chi connectivity index (χ2n) is 9.83. The molecule has 0 saturated carbocycles. The minimum absolute atomic E-state index is 0.0162. The third kappa shape index (κ3) is 5.33. The van der Waals surface area contributed by atoms with Crippen molar-refractivity contribution in [2.45, 2.75) is 38.3 Å². The van der Waals surface area contributed by atoms with E-state index in [4.69, 9.17) is 4.43 Å². The Labute approximate surface area is 208 Å². The Morgan fingerprint density at radius 3 is 1.35 bits per heavy atom. The van der Waals surface area contributed by atoms with Crippen molar-refractivity contribution in [1.82, 2.24) is 0 Å². The smallest absolute Gasteiger partial charge is 0.261 e. The van der Waals surface area contributed by atoms with Gasteiger partial charge in [-0.2, -0.15) is 0 Å². The molecule has 0 spiro atoms. The number of hydrogen-bond donors (Lipinski definition) is 0. The van der Waals surface area contributed by atoms with Crippen molar-refractivity contribution in [3.8, 4) is 0 Å². The number of benzene rings is 4. The highest BCUT2D eigenvalue weighted by Gasteiger charge is 2.49. The van der Waals surface area contributed by atoms with Gasteiger partial charge in [0.1, 0.15) is 8.80 Å². The van der Waals surface area contributed by atoms with E-state index >= 15 is 0 Å². The molecule has 1 radical (unpaired) electrons. The Hall–Kier alpha value is -2.73. The molecule has 0 bridgehead atoms. The van der Waals surface area contributed by atoms with Gasteiger partial charge in [-0.1, -0.05) is 152 Å². The zero-order valence-electron chi connectivity index (χ0n) is 20.6. The molecule has 0 aliphatic carbocycles. The van der Waals surface area contributed by atoms with Crippen LogP contribution in [0.15, 0.2) is 121 Å². The lowest BCUT2D eigenvalue weighted by Gasteiger charge is -2.43. The molecule has 0 aliphatic heterocycles. The standard InChI is InChI=1S/C31H35OSi2/c1-31(2,3)34(29-21-12-6-13-22-29,30-23-14-7-15-24-30)32-25-16-26-33(27-17-8-4-9-18-27)28-19-10-5-11-20-28/h4-15,17-24H,16,25-26H2,1-3H3. The molecular formula is C31H35OSi2. The fourth-order valence-electron chi connectivity index (χ4n) is 4.97. The van der Waals surface area contributed by atoms with Gasteiger partial charge in [0.05, 0.1) is 0 Å². The molecule has 0 atom stereocenters. The molecule has 3 heteroatoms. The van der Waals surface area contributed by atoms with Crippen LogP contribution in [-0.2, 0) is 4.43 Å². The lowest BCUT2D eigenvalue weighted by Crippen LogP contribution is -2.66. The summed E-state index contributed by atoms with van der Waals surface area (Å²) in [5.74, 6) is 0. The summed E-state index contributed by atoms with van der Waals surface area (Å²) in [5.41, 5.74) is 0. The summed E-state index contributed by atoms with van der Waals surface area (Å²) in [5, 5.41) is 5.67. The predicted molar refractivity (Wildman–Crippen MR) is 151 cm³/mol. The van der Waals surface area contributed by atoms with Crippen molar-refractivity contribution in [2.75, 3.05) is 6.61 Å². The Morgan fingerprint density at radius 2 is 0.971 bits per heavy atom. The first-order chi connectivity index (χ1) is 16.5. The van der Waals surface area contributed by atoms with Gasteiger partial charge in [-0.25, -0.2) is 0 Å². The van der Waals surface area contributed by atoms with Gasteiger partial charge in [0.15, 0.2) is 0 Å². The maximum atomic E-state index is 7.14. The molecule has 34 heavy (non-hydrogen) atoms. The van der Waals surface area contributed by atoms with Crippen LogP contribution in [0.1, 0.15) is 27.2 Å². The first-order valence-corrected chi connectivity index (χ1v) is 15.9. The lowest BCUT2D eigenvalue weighted by molar-refractivity contribution is 0.297. The summed E-state index contributed by atoms with van der Waals surface area (Å²) >= 11 is 0. The van der Waals surface area contributed by atoms with Crippen LogP contribution in [-0.4, -0.2) is 23.7 Å². The molecule has 0 N–H and O–H groups in total. The largest absolute Gasteiger partial charge is 0.407 e. The fourth-order valence-corrected chi connectivity index (χ4v) is 12.2. The van der Waals surface area contributed by atoms with E-state index < -0.39 is 17.1 Å². The number of hydrogen-bond acceptors (Lipinski definition) is 1. The average Bonchev–Trinajstić information content (AvgIpc) is 2.88. The van der Waals surface area contributed by atoms with Crippen molar-refractivity contribution in [3.63, 3.8) is 0 Å². The summed E-state index contributed by atoms with van der Waals surface area (Å²) in [7, 11) is -3.31.